The Morgan fingerprint density at radius 1 is 1.18 bits per heavy atom. The Balaban J connectivity index is 0.000000380. The fourth-order valence-corrected chi connectivity index (χ4v) is 4.02. The zero-order valence-electron chi connectivity index (χ0n) is 20.1. The first-order valence-corrected chi connectivity index (χ1v) is 12.6. The van der Waals surface area contributed by atoms with E-state index in [1.165, 1.54) is 0 Å². The summed E-state index contributed by atoms with van der Waals surface area (Å²) in [4.78, 5) is 35.5. The summed E-state index contributed by atoms with van der Waals surface area (Å²) in [6, 6.07) is 15.3. The molecular formula is C26H33ClN2O4S. The highest BCUT2D eigenvalue weighted by atomic mass is 35.5. The maximum absolute atomic E-state index is 12.6. The van der Waals surface area contributed by atoms with Crippen LogP contribution in [0.4, 0.5) is 11.4 Å². The predicted molar refractivity (Wildman–Crippen MR) is 143 cm³/mol. The van der Waals surface area contributed by atoms with E-state index < -0.39 is 5.97 Å². The lowest BCUT2D eigenvalue weighted by Crippen LogP contribution is -2.32. The third kappa shape index (κ3) is 9.61. The number of para-hydroxylation sites is 1. The van der Waals surface area contributed by atoms with Crippen molar-refractivity contribution >= 4 is 52.9 Å². The van der Waals surface area contributed by atoms with Crippen LogP contribution in [0, 0.1) is 0 Å². The lowest BCUT2D eigenvalue weighted by Gasteiger charge is -2.32. The standard InChI is InChI=1S/C17H17ClN2O.C7H10O3S.C2H6/c1-20-11-10-15(14-4-2-3-5-16(14)20)17(21)19-13-8-6-12(18)7-9-13;1-2-3-6(4-8)11-5-7(9)10;1-2/h2-9,15H,10-11H2,1H3,(H,19,21);3-4H,2,5H2,1H3,(H,9,10);1-2H3/b;6-3-;. The molecule has 34 heavy (non-hydrogen) atoms. The van der Waals surface area contributed by atoms with Crippen molar-refractivity contribution in [1.82, 2.24) is 0 Å². The van der Waals surface area contributed by atoms with Gasteiger partial charge in [0.2, 0.25) is 5.91 Å². The number of allylic oxidation sites excluding steroid dienone is 2. The normalized spacial score (nSPS) is 14.4. The molecule has 0 aliphatic carbocycles. The van der Waals surface area contributed by atoms with Crippen molar-refractivity contribution in [3.8, 4) is 0 Å². The Kier molecular flexibility index (Phi) is 13.7. The van der Waals surface area contributed by atoms with Gasteiger partial charge in [-0.1, -0.05) is 56.6 Å². The van der Waals surface area contributed by atoms with E-state index in [1.807, 2.05) is 51.1 Å². The third-order valence-electron chi connectivity index (χ3n) is 4.79. The number of carbonyl (C=O) groups is 3. The summed E-state index contributed by atoms with van der Waals surface area (Å²) >= 11 is 6.91. The highest BCUT2D eigenvalue weighted by Gasteiger charge is 2.28. The summed E-state index contributed by atoms with van der Waals surface area (Å²) in [5.41, 5.74) is 3.01. The molecule has 1 heterocycles. The molecule has 0 spiro atoms. The van der Waals surface area contributed by atoms with Crippen LogP contribution in [0.2, 0.25) is 5.02 Å². The molecule has 2 N–H and O–H groups in total. The number of hydrogen-bond donors (Lipinski definition) is 2. The molecule has 1 amide bonds. The van der Waals surface area contributed by atoms with Crippen molar-refractivity contribution < 1.29 is 19.5 Å². The van der Waals surface area contributed by atoms with Crippen LogP contribution < -0.4 is 10.2 Å². The summed E-state index contributed by atoms with van der Waals surface area (Å²) < 4.78 is 0. The minimum absolute atomic E-state index is 0.0397. The second-order valence-corrected chi connectivity index (χ2v) is 8.62. The molecular weight excluding hydrogens is 472 g/mol. The summed E-state index contributed by atoms with van der Waals surface area (Å²) in [5, 5.41) is 11.9. The number of halogens is 1. The fraction of sp³-hybridized carbons (Fsp3) is 0.346. The minimum Gasteiger partial charge on any atom is -0.481 e. The van der Waals surface area contributed by atoms with E-state index in [-0.39, 0.29) is 17.6 Å². The van der Waals surface area contributed by atoms with E-state index in [0.29, 0.717) is 16.2 Å². The van der Waals surface area contributed by atoms with Crippen molar-refractivity contribution in [3.63, 3.8) is 0 Å². The number of rotatable bonds is 7. The number of nitrogens with zero attached hydrogens (tertiary/aromatic N) is 1. The summed E-state index contributed by atoms with van der Waals surface area (Å²) in [6.45, 7) is 6.78. The van der Waals surface area contributed by atoms with E-state index in [4.69, 9.17) is 16.7 Å². The number of aliphatic carboxylic acids is 1. The average Bonchev–Trinajstić information content (AvgIpc) is 2.85. The van der Waals surface area contributed by atoms with Crippen LogP contribution in [0.3, 0.4) is 0 Å². The molecule has 6 nitrogen and oxygen atoms in total. The summed E-state index contributed by atoms with van der Waals surface area (Å²) in [7, 11) is 2.06. The van der Waals surface area contributed by atoms with Crippen LogP contribution in [-0.4, -0.2) is 42.6 Å². The zero-order valence-corrected chi connectivity index (χ0v) is 21.7. The molecule has 1 aliphatic heterocycles. The second kappa shape index (κ2) is 16.0. The number of benzene rings is 2. The topological polar surface area (TPSA) is 86.7 Å². The number of nitrogens with one attached hydrogen (secondary N) is 1. The SMILES string of the molecule is CC.CC/C=C(/C=O)SCC(=O)O.CN1CCC(C(=O)Nc2ccc(Cl)cc2)c2ccccc21. The molecule has 0 saturated carbocycles. The number of thioether (sulfide) groups is 1. The molecule has 184 valence electrons. The number of carbonyl (C=O) groups excluding carboxylic acids is 2. The van der Waals surface area contributed by atoms with Gasteiger partial charge in [0.15, 0.2) is 6.29 Å². The molecule has 2 aromatic carbocycles. The lowest BCUT2D eigenvalue weighted by atomic mass is 9.89. The first-order chi connectivity index (χ1) is 16.3. The van der Waals surface area contributed by atoms with Crippen molar-refractivity contribution in [2.24, 2.45) is 0 Å². The average molecular weight is 505 g/mol. The van der Waals surface area contributed by atoms with Gasteiger partial charge in [-0.05, 0) is 48.7 Å². The first-order valence-electron chi connectivity index (χ1n) is 11.2. The Morgan fingerprint density at radius 3 is 2.41 bits per heavy atom. The molecule has 1 aliphatic rings. The highest BCUT2D eigenvalue weighted by molar-refractivity contribution is 8.04. The lowest BCUT2D eigenvalue weighted by molar-refractivity contribution is -0.133. The van der Waals surface area contributed by atoms with E-state index in [0.717, 1.165) is 48.1 Å². The molecule has 0 aromatic heterocycles. The van der Waals surface area contributed by atoms with Gasteiger partial charge < -0.3 is 15.3 Å². The third-order valence-corrected chi connectivity index (χ3v) is 6.03. The molecule has 0 radical (unpaired) electrons. The number of amides is 1. The van der Waals surface area contributed by atoms with Gasteiger partial charge in [-0.15, -0.1) is 11.8 Å². The zero-order chi connectivity index (χ0) is 25.5. The van der Waals surface area contributed by atoms with E-state index in [1.54, 1.807) is 18.2 Å². The minimum atomic E-state index is -0.904. The first kappa shape index (κ1) is 29.3. The molecule has 1 atom stereocenters. The summed E-state index contributed by atoms with van der Waals surface area (Å²) in [6.07, 6.45) is 3.96. The predicted octanol–water partition coefficient (Wildman–Crippen LogP) is 6.23. The van der Waals surface area contributed by atoms with Crippen molar-refractivity contribution in [1.29, 1.82) is 0 Å². The smallest absolute Gasteiger partial charge is 0.313 e. The van der Waals surface area contributed by atoms with Gasteiger partial charge in [0.25, 0.3) is 0 Å². The van der Waals surface area contributed by atoms with Crippen LogP contribution in [0.15, 0.2) is 59.5 Å². The van der Waals surface area contributed by atoms with Crippen LogP contribution >= 0.6 is 23.4 Å². The maximum Gasteiger partial charge on any atom is 0.313 e. The number of hydrogen-bond acceptors (Lipinski definition) is 5. The monoisotopic (exact) mass is 504 g/mol. The van der Waals surface area contributed by atoms with Crippen molar-refractivity contribution in [2.75, 3.05) is 29.6 Å². The Bertz CT molecular complexity index is 964. The molecule has 0 saturated heterocycles. The highest BCUT2D eigenvalue weighted by Crippen LogP contribution is 2.35. The van der Waals surface area contributed by atoms with Gasteiger partial charge in [-0.2, -0.15) is 0 Å². The largest absolute Gasteiger partial charge is 0.481 e. The second-order valence-electron chi connectivity index (χ2n) is 7.13. The number of carboxylic acids is 1. The Hall–Kier alpha value is -2.77. The fourth-order valence-electron chi connectivity index (χ4n) is 3.25. The van der Waals surface area contributed by atoms with Gasteiger partial charge in [0, 0.05) is 34.9 Å². The molecule has 1 unspecified atom stereocenters. The van der Waals surface area contributed by atoms with Crippen molar-refractivity contribution in [2.45, 2.75) is 39.5 Å². The maximum atomic E-state index is 12.6. The Morgan fingerprint density at radius 2 is 1.82 bits per heavy atom. The van der Waals surface area contributed by atoms with Gasteiger partial charge >= 0.3 is 5.97 Å². The number of fused-ring (bicyclic) bond motifs is 1. The molecule has 2 aromatic rings. The molecule has 0 fully saturated rings. The van der Waals surface area contributed by atoms with Crippen LogP contribution in [0.1, 0.15) is 45.1 Å². The molecule has 8 heteroatoms. The van der Waals surface area contributed by atoms with Crippen LogP contribution in [0.25, 0.3) is 0 Å². The van der Waals surface area contributed by atoms with Gasteiger partial charge in [-0.25, -0.2) is 0 Å². The molecule has 0 bridgehead atoms. The Labute approximate surface area is 211 Å². The van der Waals surface area contributed by atoms with E-state index in [9.17, 15) is 14.4 Å². The van der Waals surface area contributed by atoms with Gasteiger partial charge in [-0.3, -0.25) is 14.4 Å². The van der Waals surface area contributed by atoms with Crippen LogP contribution in [-0.2, 0) is 14.4 Å². The van der Waals surface area contributed by atoms with E-state index >= 15 is 0 Å². The number of aldehydes is 1. The van der Waals surface area contributed by atoms with Gasteiger partial charge in [0.05, 0.1) is 11.7 Å². The van der Waals surface area contributed by atoms with Crippen molar-refractivity contribution in [3.05, 3.63) is 70.1 Å². The quantitative estimate of drug-likeness (QED) is 0.343. The molecule has 3 rings (SSSR count). The number of anilines is 2. The summed E-state index contributed by atoms with van der Waals surface area (Å²) in [5.74, 6) is -1.02. The number of carboxylic acid groups (broad SMARTS) is 1. The van der Waals surface area contributed by atoms with Gasteiger partial charge in [0.1, 0.15) is 0 Å². The van der Waals surface area contributed by atoms with E-state index in [2.05, 4.69) is 23.3 Å². The van der Waals surface area contributed by atoms with Crippen LogP contribution in [0.5, 0.6) is 0 Å².